The van der Waals surface area contributed by atoms with Gasteiger partial charge in [-0.1, -0.05) is 13.8 Å². The Morgan fingerprint density at radius 2 is 2.15 bits per heavy atom. The highest BCUT2D eigenvalue weighted by atomic mass is 16.2. The van der Waals surface area contributed by atoms with Crippen LogP contribution in [0.1, 0.15) is 31.3 Å². The number of nitrogen functional groups attached to an aromatic ring is 1. The molecule has 0 aliphatic heterocycles. The number of carbonyl (C=O) groups is 2. The molecule has 0 bridgehead atoms. The average molecular weight is 281 g/mol. The molecule has 0 fully saturated rings. The molecule has 2 amide bonds. The van der Waals surface area contributed by atoms with Crippen LogP contribution in [0, 0.1) is 5.92 Å². The van der Waals surface area contributed by atoms with Crippen molar-refractivity contribution in [2.45, 2.75) is 27.3 Å². The van der Waals surface area contributed by atoms with Gasteiger partial charge in [0.15, 0.2) is 5.69 Å². The van der Waals surface area contributed by atoms with Crippen molar-refractivity contribution < 1.29 is 9.59 Å². The second-order valence-corrected chi connectivity index (χ2v) is 5.15. The molecule has 1 rings (SSSR count). The number of hydrogen-bond donors (Lipinski definition) is 2. The minimum atomic E-state index is -0.352. The lowest BCUT2D eigenvalue weighted by atomic mass is 10.2. The van der Waals surface area contributed by atoms with E-state index in [1.807, 2.05) is 20.8 Å². The van der Waals surface area contributed by atoms with E-state index in [2.05, 4.69) is 10.4 Å². The second-order valence-electron chi connectivity index (χ2n) is 5.15. The summed E-state index contributed by atoms with van der Waals surface area (Å²) in [6, 6.07) is 0. The lowest BCUT2D eigenvalue weighted by Gasteiger charge is -2.16. The van der Waals surface area contributed by atoms with Crippen LogP contribution in [0.15, 0.2) is 6.20 Å². The Kier molecular flexibility index (Phi) is 5.54. The normalized spacial score (nSPS) is 10.7. The fraction of sp³-hybridized carbons (Fsp3) is 0.615. The molecule has 0 aromatic carbocycles. The Bertz CT molecular complexity index is 481. The summed E-state index contributed by atoms with van der Waals surface area (Å²) in [6.07, 6.45) is 1.61. The van der Waals surface area contributed by atoms with Gasteiger partial charge in [-0.15, -0.1) is 0 Å². The highest BCUT2D eigenvalue weighted by Gasteiger charge is 2.20. The Morgan fingerprint density at radius 3 is 2.65 bits per heavy atom. The molecule has 0 saturated heterocycles. The SMILES string of the molecule is CCn1cc(N)c(C(=O)N(C)CC(=O)NCC(C)C)n1. The summed E-state index contributed by atoms with van der Waals surface area (Å²) in [4.78, 5) is 25.2. The van der Waals surface area contributed by atoms with Crippen LogP contribution >= 0.6 is 0 Å². The monoisotopic (exact) mass is 281 g/mol. The van der Waals surface area contributed by atoms with Crippen molar-refractivity contribution in [3.05, 3.63) is 11.9 Å². The number of nitrogens with zero attached hydrogens (tertiary/aromatic N) is 3. The number of hydrogen-bond acceptors (Lipinski definition) is 4. The van der Waals surface area contributed by atoms with Crippen molar-refractivity contribution in [3.63, 3.8) is 0 Å². The van der Waals surface area contributed by atoms with Crippen LogP contribution in [-0.2, 0) is 11.3 Å². The summed E-state index contributed by atoms with van der Waals surface area (Å²) in [5.74, 6) is -0.173. The smallest absolute Gasteiger partial charge is 0.276 e. The molecule has 3 N–H and O–H groups in total. The number of aryl methyl sites for hydroxylation is 1. The first-order valence-corrected chi connectivity index (χ1v) is 6.70. The number of anilines is 1. The van der Waals surface area contributed by atoms with Crippen molar-refractivity contribution in [1.82, 2.24) is 20.0 Å². The maximum atomic E-state index is 12.2. The lowest BCUT2D eigenvalue weighted by Crippen LogP contribution is -2.39. The van der Waals surface area contributed by atoms with Crippen molar-refractivity contribution >= 4 is 17.5 Å². The molecule has 1 aromatic rings. The zero-order valence-electron chi connectivity index (χ0n) is 12.5. The van der Waals surface area contributed by atoms with Gasteiger partial charge in [0.1, 0.15) is 0 Å². The van der Waals surface area contributed by atoms with Crippen LogP contribution in [0.25, 0.3) is 0 Å². The largest absolute Gasteiger partial charge is 0.396 e. The first kappa shape index (κ1) is 16.0. The Balaban J connectivity index is 2.62. The van der Waals surface area contributed by atoms with Crippen LogP contribution < -0.4 is 11.1 Å². The molecule has 0 saturated carbocycles. The maximum Gasteiger partial charge on any atom is 0.276 e. The van der Waals surface area contributed by atoms with Gasteiger partial charge in [-0.2, -0.15) is 5.10 Å². The number of aromatic nitrogens is 2. The molecule has 0 radical (unpaired) electrons. The van der Waals surface area contributed by atoms with Gasteiger partial charge >= 0.3 is 0 Å². The zero-order chi connectivity index (χ0) is 15.3. The van der Waals surface area contributed by atoms with Gasteiger partial charge < -0.3 is 16.0 Å². The van der Waals surface area contributed by atoms with Gasteiger partial charge in [0.2, 0.25) is 5.91 Å². The van der Waals surface area contributed by atoms with Crippen LogP contribution in [0.3, 0.4) is 0 Å². The lowest BCUT2D eigenvalue weighted by molar-refractivity contribution is -0.121. The van der Waals surface area contributed by atoms with Crippen LogP contribution in [0.4, 0.5) is 5.69 Å². The summed E-state index contributed by atoms with van der Waals surface area (Å²) in [7, 11) is 1.56. The molecular formula is C13H23N5O2. The molecule has 0 atom stereocenters. The minimum Gasteiger partial charge on any atom is -0.396 e. The third-order valence-electron chi connectivity index (χ3n) is 2.75. The molecule has 1 aromatic heterocycles. The molecule has 0 spiro atoms. The molecule has 20 heavy (non-hydrogen) atoms. The Morgan fingerprint density at radius 1 is 1.50 bits per heavy atom. The number of likely N-dealkylation sites (N-methyl/N-ethyl adjacent to an activating group) is 1. The molecular weight excluding hydrogens is 258 g/mol. The standard InChI is InChI=1S/C13H23N5O2/c1-5-18-7-10(14)12(16-18)13(20)17(4)8-11(19)15-6-9(2)3/h7,9H,5-6,8,14H2,1-4H3,(H,15,19). The zero-order valence-corrected chi connectivity index (χ0v) is 12.5. The van der Waals surface area contributed by atoms with E-state index in [4.69, 9.17) is 5.73 Å². The van der Waals surface area contributed by atoms with E-state index in [1.165, 1.54) is 4.90 Å². The van der Waals surface area contributed by atoms with Gasteiger partial charge in [0.25, 0.3) is 5.91 Å². The van der Waals surface area contributed by atoms with Gasteiger partial charge in [-0.05, 0) is 12.8 Å². The van der Waals surface area contributed by atoms with Crippen molar-refractivity contribution in [2.24, 2.45) is 5.92 Å². The van der Waals surface area contributed by atoms with Crippen LogP contribution in [-0.4, -0.2) is 46.6 Å². The predicted octanol–water partition coefficient (Wildman–Crippen LogP) is 0.329. The number of amides is 2. The van der Waals surface area contributed by atoms with Crippen molar-refractivity contribution in [2.75, 3.05) is 25.9 Å². The topological polar surface area (TPSA) is 93.2 Å². The molecule has 0 unspecified atom stereocenters. The van der Waals surface area contributed by atoms with Gasteiger partial charge in [0.05, 0.1) is 12.2 Å². The first-order chi connectivity index (χ1) is 9.35. The van der Waals surface area contributed by atoms with Crippen LogP contribution in [0.5, 0.6) is 0 Å². The van der Waals surface area contributed by atoms with E-state index in [0.29, 0.717) is 24.7 Å². The maximum absolute atomic E-state index is 12.2. The molecule has 112 valence electrons. The van der Waals surface area contributed by atoms with E-state index in [1.54, 1.807) is 17.9 Å². The van der Waals surface area contributed by atoms with E-state index < -0.39 is 0 Å². The number of nitrogens with two attached hydrogens (primary N) is 1. The van der Waals surface area contributed by atoms with Gasteiger partial charge in [-0.3, -0.25) is 14.3 Å². The van der Waals surface area contributed by atoms with E-state index in [9.17, 15) is 9.59 Å². The van der Waals surface area contributed by atoms with E-state index >= 15 is 0 Å². The fourth-order valence-electron chi connectivity index (χ4n) is 1.61. The minimum absolute atomic E-state index is 0.00994. The summed E-state index contributed by atoms with van der Waals surface area (Å²) in [6.45, 7) is 7.14. The first-order valence-electron chi connectivity index (χ1n) is 6.70. The van der Waals surface area contributed by atoms with E-state index in [-0.39, 0.29) is 24.1 Å². The predicted molar refractivity (Wildman–Crippen MR) is 77.1 cm³/mol. The molecule has 7 nitrogen and oxygen atoms in total. The molecule has 0 aliphatic carbocycles. The molecule has 7 heteroatoms. The summed E-state index contributed by atoms with van der Waals surface area (Å²) < 4.78 is 1.59. The summed E-state index contributed by atoms with van der Waals surface area (Å²) >= 11 is 0. The fourth-order valence-corrected chi connectivity index (χ4v) is 1.61. The summed E-state index contributed by atoms with van der Waals surface area (Å²) in [5.41, 5.74) is 6.26. The van der Waals surface area contributed by atoms with Gasteiger partial charge in [0, 0.05) is 26.3 Å². The third-order valence-corrected chi connectivity index (χ3v) is 2.75. The average Bonchev–Trinajstić information content (AvgIpc) is 2.76. The highest BCUT2D eigenvalue weighted by Crippen LogP contribution is 2.11. The van der Waals surface area contributed by atoms with Crippen molar-refractivity contribution in [3.8, 4) is 0 Å². The Labute approximate surface area is 119 Å². The Hall–Kier alpha value is -2.05. The second kappa shape index (κ2) is 6.93. The molecule has 1 heterocycles. The molecule has 0 aliphatic rings. The summed E-state index contributed by atoms with van der Waals surface area (Å²) in [5, 5.41) is 6.86. The van der Waals surface area contributed by atoms with Crippen molar-refractivity contribution in [1.29, 1.82) is 0 Å². The third kappa shape index (κ3) is 4.25. The highest BCUT2D eigenvalue weighted by molar-refractivity contribution is 5.98. The van der Waals surface area contributed by atoms with E-state index in [0.717, 1.165) is 0 Å². The number of carbonyl (C=O) groups excluding carboxylic acids is 2. The number of nitrogens with one attached hydrogen (secondary N) is 1. The quantitative estimate of drug-likeness (QED) is 0.785. The van der Waals surface area contributed by atoms with Gasteiger partial charge in [-0.25, -0.2) is 0 Å². The number of rotatable bonds is 6. The van der Waals surface area contributed by atoms with Crippen LogP contribution in [0.2, 0.25) is 0 Å².